The number of rotatable bonds is 7. The van der Waals surface area contributed by atoms with Crippen molar-refractivity contribution in [1.82, 2.24) is 15.5 Å². The number of amides is 2. The van der Waals surface area contributed by atoms with Crippen LogP contribution >= 0.6 is 0 Å². The van der Waals surface area contributed by atoms with E-state index in [4.69, 9.17) is 5.11 Å². The number of carboxylic acid groups (broad SMARTS) is 1. The van der Waals surface area contributed by atoms with Gasteiger partial charge in [0, 0.05) is 13.1 Å². The molecular weight excluding hydrogens is 262 g/mol. The van der Waals surface area contributed by atoms with Crippen LogP contribution in [-0.2, 0) is 4.79 Å². The SMILES string of the molecule is CC(CNC(=O)N[C@H](C(=O)O)[C@@H](C)O)CN1CCCC1. The van der Waals surface area contributed by atoms with Crippen LogP contribution in [0.5, 0.6) is 0 Å². The van der Waals surface area contributed by atoms with E-state index in [9.17, 15) is 14.7 Å². The minimum Gasteiger partial charge on any atom is -0.480 e. The summed E-state index contributed by atoms with van der Waals surface area (Å²) in [7, 11) is 0. The largest absolute Gasteiger partial charge is 0.480 e. The van der Waals surface area contributed by atoms with Crippen molar-refractivity contribution in [3.05, 3.63) is 0 Å². The van der Waals surface area contributed by atoms with Crippen LogP contribution in [0.15, 0.2) is 0 Å². The molecule has 20 heavy (non-hydrogen) atoms. The first-order valence-corrected chi connectivity index (χ1v) is 7.07. The number of urea groups is 1. The van der Waals surface area contributed by atoms with Crippen molar-refractivity contribution in [2.45, 2.75) is 38.8 Å². The van der Waals surface area contributed by atoms with E-state index < -0.39 is 24.1 Å². The van der Waals surface area contributed by atoms with Gasteiger partial charge in [-0.2, -0.15) is 0 Å². The summed E-state index contributed by atoms with van der Waals surface area (Å²) in [5.74, 6) is -0.950. The van der Waals surface area contributed by atoms with Crippen LogP contribution in [0.25, 0.3) is 0 Å². The van der Waals surface area contributed by atoms with E-state index in [1.807, 2.05) is 6.92 Å². The van der Waals surface area contributed by atoms with Gasteiger partial charge in [0.15, 0.2) is 6.04 Å². The molecule has 7 nitrogen and oxygen atoms in total. The van der Waals surface area contributed by atoms with E-state index in [0.717, 1.165) is 19.6 Å². The van der Waals surface area contributed by atoms with E-state index in [-0.39, 0.29) is 0 Å². The summed E-state index contributed by atoms with van der Waals surface area (Å²) < 4.78 is 0. The van der Waals surface area contributed by atoms with E-state index in [0.29, 0.717) is 12.5 Å². The monoisotopic (exact) mass is 287 g/mol. The molecule has 1 fully saturated rings. The molecule has 1 aliphatic heterocycles. The molecule has 1 saturated heterocycles. The van der Waals surface area contributed by atoms with Crippen molar-refractivity contribution in [3.63, 3.8) is 0 Å². The summed E-state index contributed by atoms with van der Waals surface area (Å²) in [6, 6.07) is -1.85. The maximum absolute atomic E-state index is 11.6. The molecule has 1 unspecified atom stereocenters. The third-order valence-corrected chi connectivity index (χ3v) is 3.41. The highest BCUT2D eigenvalue weighted by atomic mass is 16.4. The molecule has 7 heteroatoms. The Kier molecular flexibility index (Phi) is 6.74. The fourth-order valence-corrected chi connectivity index (χ4v) is 2.32. The van der Waals surface area contributed by atoms with Crippen molar-refractivity contribution in [1.29, 1.82) is 0 Å². The third-order valence-electron chi connectivity index (χ3n) is 3.41. The number of hydrogen-bond donors (Lipinski definition) is 4. The number of nitrogens with one attached hydrogen (secondary N) is 2. The van der Waals surface area contributed by atoms with Crippen LogP contribution < -0.4 is 10.6 Å². The van der Waals surface area contributed by atoms with Gasteiger partial charge in [-0.15, -0.1) is 0 Å². The van der Waals surface area contributed by atoms with Crippen LogP contribution in [0.4, 0.5) is 4.79 Å². The number of carbonyl (C=O) groups is 2. The van der Waals surface area contributed by atoms with Crippen molar-refractivity contribution >= 4 is 12.0 Å². The topological polar surface area (TPSA) is 102 Å². The molecule has 2 amide bonds. The average molecular weight is 287 g/mol. The second kappa shape index (κ2) is 8.06. The standard InChI is InChI=1S/C13H25N3O4/c1-9(8-16-5-3-4-6-16)7-14-13(20)15-11(10(2)17)12(18)19/h9-11,17H,3-8H2,1-2H3,(H,18,19)(H2,14,15,20)/t9?,10-,11+/m1/s1. The molecule has 3 atom stereocenters. The summed E-state index contributed by atoms with van der Waals surface area (Å²) in [5.41, 5.74) is 0. The molecule has 1 rings (SSSR count). The van der Waals surface area contributed by atoms with Gasteiger partial charge in [-0.1, -0.05) is 6.92 Å². The van der Waals surface area contributed by atoms with E-state index in [1.165, 1.54) is 19.8 Å². The van der Waals surface area contributed by atoms with Gasteiger partial charge in [0.1, 0.15) is 0 Å². The summed E-state index contributed by atoms with van der Waals surface area (Å²) in [4.78, 5) is 24.8. The molecule has 0 aliphatic carbocycles. The quantitative estimate of drug-likeness (QED) is 0.522. The second-order valence-electron chi connectivity index (χ2n) is 5.52. The number of aliphatic carboxylic acids is 1. The average Bonchev–Trinajstić information content (AvgIpc) is 2.85. The van der Waals surface area contributed by atoms with Crippen molar-refractivity contribution in [2.75, 3.05) is 26.2 Å². The fraction of sp³-hybridized carbons (Fsp3) is 0.846. The molecule has 0 aromatic rings. The van der Waals surface area contributed by atoms with Crippen molar-refractivity contribution < 1.29 is 19.8 Å². The van der Waals surface area contributed by atoms with Crippen LogP contribution in [-0.4, -0.2) is 65.4 Å². The molecule has 1 aliphatic rings. The highest BCUT2D eigenvalue weighted by Gasteiger charge is 2.25. The Bertz CT molecular complexity index is 330. The molecule has 0 radical (unpaired) electrons. The van der Waals surface area contributed by atoms with Crippen LogP contribution in [0, 0.1) is 5.92 Å². The van der Waals surface area contributed by atoms with Gasteiger partial charge in [0.2, 0.25) is 0 Å². The summed E-state index contributed by atoms with van der Waals surface area (Å²) in [6.07, 6.45) is 1.32. The lowest BCUT2D eigenvalue weighted by atomic mass is 10.1. The number of aliphatic hydroxyl groups excluding tert-OH is 1. The Labute approximate surface area is 119 Å². The molecular formula is C13H25N3O4. The van der Waals surface area contributed by atoms with Gasteiger partial charge in [-0.05, 0) is 38.8 Å². The number of carbonyl (C=O) groups excluding carboxylic acids is 1. The summed E-state index contributed by atoms with van der Waals surface area (Å²) in [6.45, 7) is 7.00. The molecule has 1 heterocycles. The zero-order valence-corrected chi connectivity index (χ0v) is 12.1. The number of hydrogen-bond acceptors (Lipinski definition) is 4. The van der Waals surface area contributed by atoms with Gasteiger partial charge in [-0.25, -0.2) is 9.59 Å². The Hall–Kier alpha value is -1.34. The van der Waals surface area contributed by atoms with E-state index >= 15 is 0 Å². The molecule has 0 bridgehead atoms. The number of likely N-dealkylation sites (tertiary alicyclic amines) is 1. The molecule has 0 aromatic carbocycles. The van der Waals surface area contributed by atoms with Crippen molar-refractivity contribution in [2.24, 2.45) is 5.92 Å². The lowest BCUT2D eigenvalue weighted by Gasteiger charge is -2.21. The number of carboxylic acids is 1. The fourth-order valence-electron chi connectivity index (χ4n) is 2.32. The molecule has 4 N–H and O–H groups in total. The Balaban J connectivity index is 2.25. The van der Waals surface area contributed by atoms with Gasteiger partial charge >= 0.3 is 12.0 Å². The highest BCUT2D eigenvalue weighted by molar-refractivity contribution is 5.82. The smallest absolute Gasteiger partial charge is 0.328 e. The predicted octanol–water partition coefficient (Wildman–Crippen LogP) is -0.148. The molecule has 0 aromatic heterocycles. The van der Waals surface area contributed by atoms with Gasteiger partial charge in [0.05, 0.1) is 6.10 Å². The number of nitrogens with zero attached hydrogens (tertiary/aromatic N) is 1. The van der Waals surface area contributed by atoms with Gasteiger partial charge in [0.25, 0.3) is 0 Å². The first-order chi connectivity index (χ1) is 9.40. The zero-order valence-electron chi connectivity index (χ0n) is 12.1. The zero-order chi connectivity index (χ0) is 15.1. The summed E-state index contributed by atoms with van der Waals surface area (Å²) in [5, 5.41) is 23.0. The minimum absolute atomic E-state index is 0.300. The van der Waals surface area contributed by atoms with Crippen molar-refractivity contribution in [3.8, 4) is 0 Å². The van der Waals surface area contributed by atoms with Crippen LogP contribution in [0.2, 0.25) is 0 Å². The summed E-state index contributed by atoms with van der Waals surface area (Å²) >= 11 is 0. The molecule has 116 valence electrons. The van der Waals surface area contributed by atoms with E-state index in [1.54, 1.807) is 0 Å². The van der Waals surface area contributed by atoms with E-state index in [2.05, 4.69) is 15.5 Å². The predicted molar refractivity (Wildman–Crippen MR) is 74.5 cm³/mol. The number of aliphatic hydroxyl groups is 1. The maximum Gasteiger partial charge on any atom is 0.328 e. The molecule has 0 saturated carbocycles. The minimum atomic E-state index is -1.29. The highest BCUT2D eigenvalue weighted by Crippen LogP contribution is 2.09. The lowest BCUT2D eigenvalue weighted by molar-refractivity contribution is -0.141. The van der Waals surface area contributed by atoms with Gasteiger partial charge in [-0.3, -0.25) is 0 Å². The Morgan fingerprint density at radius 3 is 2.35 bits per heavy atom. The first kappa shape index (κ1) is 16.7. The second-order valence-corrected chi connectivity index (χ2v) is 5.52. The normalized spacial score (nSPS) is 20.1. The Morgan fingerprint density at radius 1 is 1.25 bits per heavy atom. The maximum atomic E-state index is 11.6. The first-order valence-electron chi connectivity index (χ1n) is 7.07. The van der Waals surface area contributed by atoms with Crippen LogP contribution in [0.1, 0.15) is 26.7 Å². The van der Waals surface area contributed by atoms with Crippen LogP contribution in [0.3, 0.4) is 0 Å². The third kappa shape index (κ3) is 5.75. The molecule has 0 spiro atoms. The Morgan fingerprint density at radius 2 is 1.85 bits per heavy atom. The van der Waals surface area contributed by atoms with Gasteiger partial charge < -0.3 is 25.7 Å². The lowest BCUT2D eigenvalue weighted by Crippen LogP contribution is -2.51.